The van der Waals surface area contributed by atoms with E-state index in [2.05, 4.69) is 42.2 Å². The van der Waals surface area contributed by atoms with Crippen molar-refractivity contribution in [3.63, 3.8) is 0 Å². The Bertz CT molecular complexity index is 1300. The van der Waals surface area contributed by atoms with Gasteiger partial charge < -0.3 is 14.5 Å². The number of benzene rings is 3. The van der Waals surface area contributed by atoms with Gasteiger partial charge in [0, 0.05) is 35.2 Å². The van der Waals surface area contributed by atoms with E-state index in [9.17, 15) is 4.79 Å². The average Bonchev–Trinajstić information content (AvgIpc) is 3.19. The van der Waals surface area contributed by atoms with E-state index in [0.717, 1.165) is 33.2 Å². The van der Waals surface area contributed by atoms with E-state index in [1.165, 1.54) is 10.8 Å². The van der Waals surface area contributed by atoms with Crippen LogP contribution in [0, 0.1) is 0 Å². The predicted molar refractivity (Wildman–Crippen MR) is 127 cm³/mol. The number of furan rings is 1. The summed E-state index contributed by atoms with van der Waals surface area (Å²) in [7, 11) is 0. The van der Waals surface area contributed by atoms with Crippen molar-refractivity contribution in [2.75, 3.05) is 13.2 Å². The zero-order chi connectivity index (χ0) is 21.8. The lowest BCUT2D eigenvalue weighted by molar-refractivity contribution is -0.116. The highest BCUT2D eigenvalue weighted by atomic mass is 16.5. The predicted octanol–water partition coefficient (Wildman–Crippen LogP) is 6.36. The minimum atomic E-state index is -0.165. The third-order valence-electron chi connectivity index (χ3n) is 5.23. The van der Waals surface area contributed by atoms with Crippen LogP contribution >= 0.6 is 0 Å². The van der Waals surface area contributed by atoms with Crippen LogP contribution in [0.15, 0.2) is 84.0 Å². The molecule has 3 aromatic carbocycles. The maximum absolute atomic E-state index is 12.2. The minimum Gasteiger partial charge on any atom is -0.493 e. The summed E-state index contributed by atoms with van der Waals surface area (Å²) in [5.74, 6) is 0.529. The van der Waals surface area contributed by atoms with Gasteiger partial charge in [-0.25, -0.2) is 0 Å². The van der Waals surface area contributed by atoms with Crippen LogP contribution in [0.25, 0.3) is 38.4 Å². The van der Waals surface area contributed by atoms with E-state index >= 15 is 0 Å². The SMILES string of the molecule is C=CCNC(=O)/C=C(\C)c1cc2c(-c3ccc4ccccc4c3)coc2cc1OCC. The molecule has 1 heterocycles. The second-order valence-corrected chi connectivity index (χ2v) is 7.35. The number of fused-ring (bicyclic) bond motifs is 2. The molecule has 0 saturated heterocycles. The van der Waals surface area contributed by atoms with Crippen LogP contribution in [-0.2, 0) is 4.79 Å². The minimum absolute atomic E-state index is 0.165. The number of allylic oxidation sites excluding steroid dienone is 1. The van der Waals surface area contributed by atoms with Gasteiger partial charge in [0.25, 0.3) is 0 Å². The first-order chi connectivity index (χ1) is 15.1. The molecule has 4 nitrogen and oxygen atoms in total. The average molecular weight is 412 g/mol. The Morgan fingerprint density at radius 2 is 1.94 bits per heavy atom. The summed E-state index contributed by atoms with van der Waals surface area (Å²) in [4.78, 5) is 12.2. The molecule has 0 aliphatic carbocycles. The van der Waals surface area contributed by atoms with Gasteiger partial charge in [0.15, 0.2) is 0 Å². The van der Waals surface area contributed by atoms with Crippen LogP contribution in [0.4, 0.5) is 0 Å². The van der Waals surface area contributed by atoms with Crippen LogP contribution in [0.1, 0.15) is 19.4 Å². The third kappa shape index (κ3) is 4.24. The first-order valence-corrected chi connectivity index (χ1v) is 10.4. The lowest BCUT2D eigenvalue weighted by atomic mass is 9.97. The summed E-state index contributed by atoms with van der Waals surface area (Å²) >= 11 is 0. The second-order valence-electron chi connectivity index (χ2n) is 7.35. The fourth-order valence-corrected chi connectivity index (χ4v) is 3.72. The topological polar surface area (TPSA) is 51.5 Å². The van der Waals surface area contributed by atoms with Crippen LogP contribution in [0.2, 0.25) is 0 Å². The monoisotopic (exact) mass is 411 g/mol. The molecule has 0 atom stereocenters. The van der Waals surface area contributed by atoms with E-state index in [1.54, 1.807) is 18.4 Å². The number of rotatable bonds is 7. The Hall–Kier alpha value is -3.79. The molecule has 4 aromatic rings. The number of nitrogens with one attached hydrogen (secondary N) is 1. The molecule has 1 aromatic heterocycles. The summed E-state index contributed by atoms with van der Waals surface area (Å²) in [5.41, 5.74) is 4.52. The number of ether oxygens (including phenoxy) is 1. The van der Waals surface area contributed by atoms with Gasteiger partial charge in [0.05, 0.1) is 12.9 Å². The Morgan fingerprint density at radius 3 is 2.71 bits per heavy atom. The molecule has 4 rings (SSSR count). The Kier molecular flexibility index (Phi) is 5.89. The molecule has 1 amide bonds. The molecule has 0 radical (unpaired) electrons. The molecular formula is C27H25NO3. The van der Waals surface area contributed by atoms with E-state index in [4.69, 9.17) is 9.15 Å². The van der Waals surface area contributed by atoms with Gasteiger partial charge in [-0.1, -0.05) is 42.5 Å². The number of hydrogen-bond donors (Lipinski definition) is 1. The molecule has 0 aliphatic rings. The van der Waals surface area contributed by atoms with E-state index in [-0.39, 0.29) is 5.91 Å². The molecule has 31 heavy (non-hydrogen) atoms. The lowest BCUT2D eigenvalue weighted by Crippen LogP contribution is -2.20. The largest absolute Gasteiger partial charge is 0.493 e. The van der Waals surface area contributed by atoms with Gasteiger partial charge in [-0.2, -0.15) is 0 Å². The van der Waals surface area contributed by atoms with Crippen LogP contribution in [0.5, 0.6) is 5.75 Å². The van der Waals surface area contributed by atoms with Crippen molar-refractivity contribution in [3.05, 3.63) is 85.2 Å². The zero-order valence-electron chi connectivity index (χ0n) is 17.8. The van der Waals surface area contributed by atoms with E-state index < -0.39 is 0 Å². The molecule has 156 valence electrons. The third-order valence-corrected chi connectivity index (χ3v) is 5.23. The fourth-order valence-electron chi connectivity index (χ4n) is 3.72. The maximum Gasteiger partial charge on any atom is 0.244 e. The van der Waals surface area contributed by atoms with Crippen molar-refractivity contribution in [1.29, 1.82) is 0 Å². The van der Waals surface area contributed by atoms with Crippen molar-refractivity contribution < 1.29 is 13.9 Å². The molecule has 1 N–H and O–H groups in total. The highest BCUT2D eigenvalue weighted by Crippen LogP contribution is 2.38. The summed E-state index contributed by atoms with van der Waals surface area (Å²) < 4.78 is 11.7. The molecular weight excluding hydrogens is 386 g/mol. The Balaban J connectivity index is 1.82. The van der Waals surface area contributed by atoms with Gasteiger partial charge in [0.1, 0.15) is 11.3 Å². The molecule has 0 spiro atoms. The first kappa shape index (κ1) is 20.5. The lowest BCUT2D eigenvalue weighted by Gasteiger charge is -2.12. The van der Waals surface area contributed by atoms with Gasteiger partial charge in [0.2, 0.25) is 5.91 Å². The van der Waals surface area contributed by atoms with Crippen molar-refractivity contribution >= 4 is 33.2 Å². The van der Waals surface area contributed by atoms with E-state index in [0.29, 0.717) is 18.9 Å². The molecule has 4 heteroatoms. The van der Waals surface area contributed by atoms with Gasteiger partial charge in [-0.3, -0.25) is 4.79 Å². The molecule has 0 aliphatic heterocycles. The number of amides is 1. The Labute approximate surface area is 181 Å². The number of carbonyl (C=O) groups is 1. The van der Waals surface area contributed by atoms with Gasteiger partial charge >= 0.3 is 0 Å². The van der Waals surface area contributed by atoms with Crippen molar-refractivity contribution in [1.82, 2.24) is 5.32 Å². The molecule has 0 bridgehead atoms. The number of hydrogen-bond acceptors (Lipinski definition) is 3. The standard InChI is InChI=1S/C27H25NO3/c1-4-12-28-27(29)13-18(3)22-15-23-24(17-31-26(23)16-25(22)30-5-2)21-11-10-19-8-6-7-9-20(19)14-21/h4,6-11,13-17H,1,5,12H2,2-3H3,(H,28,29)/b18-13+. The van der Waals surface area contributed by atoms with E-state index in [1.807, 2.05) is 38.1 Å². The van der Waals surface area contributed by atoms with Crippen LogP contribution < -0.4 is 10.1 Å². The molecule has 0 unspecified atom stereocenters. The van der Waals surface area contributed by atoms with Gasteiger partial charge in [-0.15, -0.1) is 6.58 Å². The molecule has 0 fully saturated rings. The first-order valence-electron chi connectivity index (χ1n) is 10.4. The summed E-state index contributed by atoms with van der Waals surface area (Å²) in [6.45, 7) is 8.42. The maximum atomic E-state index is 12.2. The fraction of sp³-hybridized carbons (Fsp3) is 0.148. The van der Waals surface area contributed by atoms with Crippen LogP contribution in [0.3, 0.4) is 0 Å². The second kappa shape index (κ2) is 8.92. The molecule has 0 saturated carbocycles. The highest BCUT2D eigenvalue weighted by Gasteiger charge is 2.15. The van der Waals surface area contributed by atoms with Crippen molar-refractivity contribution in [2.24, 2.45) is 0 Å². The van der Waals surface area contributed by atoms with Gasteiger partial charge in [-0.05, 0) is 47.9 Å². The summed E-state index contributed by atoms with van der Waals surface area (Å²) in [6, 6.07) is 18.6. The van der Waals surface area contributed by atoms with Crippen molar-refractivity contribution in [3.8, 4) is 16.9 Å². The quantitative estimate of drug-likeness (QED) is 0.284. The zero-order valence-corrected chi connectivity index (χ0v) is 17.8. The highest BCUT2D eigenvalue weighted by molar-refractivity contribution is 6.01. The summed E-state index contributed by atoms with van der Waals surface area (Å²) in [5, 5.41) is 6.13. The normalized spacial score (nSPS) is 11.6. The number of carbonyl (C=O) groups excluding carboxylic acids is 1. The van der Waals surface area contributed by atoms with Crippen molar-refractivity contribution in [2.45, 2.75) is 13.8 Å². The Morgan fingerprint density at radius 1 is 1.13 bits per heavy atom. The smallest absolute Gasteiger partial charge is 0.244 e. The van der Waals surface area contributed by atoms with Crippen LogP contribution in [-0.4, -0.2) is 19.1 Å². The summed E-state index contributed by atoms with van der Waals surface area (Å²) in [6.07, 6.45) is 5.02.